The molecule has 9 heavy (non-hydrogen) atoms. The van der Waals surface area contributed by atoms with Crippen molar-refractivity contribution in [1.82, 2.24) is 0 Å². The Kier molecular flexibility index (Phi) is 12.6. The first-order chi connectivity index (χ1) is 4.35. The van der Waals surface area contributed by atoms with E-state index in [4.69, 9.17) is 4.79 Å². The Morgan fingerprint density at radius 1 is 0.889 bits per heavy atom. The number of hydrogen-bond donors (Lipinski definition) is 0. The van der Waals surface area contributed by atoms with Crippen LogP contribution in [0.15, 0.2) is 0 Å². The molecule has 0 N–H and O–H groups in total. The third-order valence-electron chi connectivity index (χ3n) is 0.289. The fraction of sp³-hybridized carbons (Fsp3) is 0. The van der Waals surface area contributed by atoms with E-state index >= 15 is 0 Å². The van der Waals surface area contributed by atoms with Gasteiger partial charge in [0, 0.05) is 0 Å². The fourth-order valence-electron chi connectivity index (χ4n) is 0.0589. The molecule has 0 amide bonds. The number of rotatable bonds is 3. The Morgan fingerprint density at radius 2 is 1.11 bits per heavy atom. The van der Waals surface area contributed by atoms with Crippen molar-refractivity contribution >= 4 is 22.3 Å². The molecule has 4 nitrogen and oxygen atoms in total. The van der Waals surface area contributed by atoms with Gasteiger partial charge < -0.3 is 4.79 Å². The summed E-state index contributed by atoms with van der Waals surface area (Å²) in [6, 6.07) is 0. The Morgan fingerprint density at radius 3 is 1.11 bits per heavy atom. The van der Waals surface area contributed by atoms with Crippen LogP contribution >= 0.6 is 0 Å². The van der Waals surface area contributed by atoms with Gasteiger partial charge in [0.15, 0.2) is 0 Å². The first kappa shape index (κ1) is 11.1. The summed E-state index contributed by atoms with van der Waals surface area (Å²) in [5, 5.41) is 1.12. The van der Waals surface area contributed by atoms with E-state index in [2.05, 4.69) is 0 Å². The predicted octanol–water partition coefficient (Wildman–Crippen LogP) is -1.01. The summed E-state index contributed by atoms with van der Waals surface area (Å²) in [6.45, 7) is 2.00. The predicted molar refractivity (Wildman–Crippen MR) is 27.4 cm³/mol. The van der Waals surface area contributed by atoms with Gasteiger partial charge in [-0.2, -0.15) is 0 Å². The summed E-state index contributed by atoms with van der Waals surface area (Å²) in [7, 11) is 0. The van der Waals surface area contributed by atoms with Gasteiger partial charge in [0.25, 0.3) is 0 Å². The van der Waals surface area contributed by atoms with Crippen molar-refractivity contribution in [2.75, 3.05) is 0 Å². The van der Waals surface area contributed by atoms with Gasteiger partial charge in [-0.25, -0.2) is 0 Å². The molecule has 53 valence electrons. The van der Waals surface area contributed by atoms with E-state index in [1.807, 2.05) is 6.79 Å². The SMILES string of the molecule is C=O.O=[CH][Fe]([CH]=O)[CH]=O. The number of carbonyl (C=O) groups is 4. The molecule has 0 spiro atoms. The summed E-state index contributed by atoms with van der Waals surface area (Å²) >= 11 is -1.75. The number of carbonyl (C=O) groups excluding carboxylic acids is 4. The van der Waals surface area contributed by atoms with Crippen molar-refractivity contribution in [1.29, 1.82) is 0 Å². The maximum atomic E-state index is 9.54. The first-order valence-corrected chi connectivity index (χ1v) is 3.52. The second kappa shape index (κ2) is 10.2. The molecular weight excluding hydrogens is 168 g/mol. The van der Waals surface area contributed by atoms with E-state index in [1.54, 1.807) is 0 Å². The summed E-state index contributed by atoms with van der Waals surface area (Å²) in [5.74, 6) is 0. The van der Waals surface area contributed by atoms with E-state index in [1.165, 1.54) is 0 Å². The number of hydrogen-bond acceptors (Lipinski definition) is 4. The van der Waals surface area contributed by atoms with Crippen molar-refractivity contribution in [3.63, 3.8) is 0 Å². The Hall–Kier alpha value is -0.801. The molecule has 0 aliphatic heterocycles. The van der Waals surface area contributed by atoms with Crippen LogP contribution in [0, 0.1) is 0 Å². The van der Waals surface area contributed by atoms with Gasteiger partial charge in [0.2, 0.25) is 0 Å². The summed E-state index contributed by atoms with van der Waals surface area (Å²) < 4.78 is 0. The van der Waals surface area contributed by atoms with Crippen LogP contribution in [0.1, 0.15) is 0 Å². The van der Waals surface area contributed by atoms with Crippen molar-refractivity contribution in [2.45, 2.75) is 0 Å². The van der Waals surface area contributed by atoms with E-state index in [0.717, 1.165) is 0 Å². The topological polar surface area (TPSA) is 68.3 Å². The van der Waals surface area contributed by atoms with E-state index in [-0.39, 0.29) is 0 Å². The molecule has 0 aromatic rings. The van der Waals surface area contributed by atoms with Crippen LogP contribution in [-0.2, 0) is 33.1 Å². The molecule has 0 saturated carbocycles. The molecule has 0 atom stereocenters. The van der Waals surface area contributed by atoms with Crippen molar-refractivity contribution in [3.8, 4) is 0 Å². The van der Waals surface area contributed by atoms with Crippen LogP contribution in [0.3, 0.4) is 0 Å². The first-order valence-electron chi connectivity index (χ1n) is 1.61. The van der Waals surface area contributed by atoms with Crippen LogP contribution in [0.4, 0.5) is 0 Å². The average Bonchev–Trinajstić information content (AvgIpc) is 1.96. The maximum absolute atomic E-state index is 9.54. The van der Waals surface area contributed by atoms with Crippen LogP contribution in [0.25, 0.3) is 0 Å². The third kappa shape index (κ3) is 7.20. The third-order valence-corrected chi connectivity index (χ3v) is 1.19. The minimum atomic E-state index is -1.75. The van der Waals surface area contributed by atoms with E-state index in [9.17, 15) is 14.4 Å². The monoisotopic (exact) mass is 173 g/mol. The second-order valence-corrected chi connectivity index (χ2v) is 2.49. The zero-order valence-corrected chi connectivity index (χ0v) is 5.53. The molecule has 0 saturated heterocycles. The molecule has 0 heterocycles. The van der Waals surface area contributed by atoms with Gasteiger partial charge in [-0.05, 0) is 0 Å². The molecule has 0 aliphatic rings. The van der Waals surface area contributed by atoms with Crippen LogP contribution in [-0.4, -0.2) is 22.3 Å². The van der Waals surface area contributed by atoms with Crippen LogP contribution in [0.2, 0.25) is 0 Å². The molecule has 0 unspecified atom stereocenters. The fourth-order valence-corrected chi connectivity index (χ4v) is 0.243. The molecule has 0 aliphatic carbocycles. The van der Waals surface area contributed by atoms with E-state index in [0.29, 0.717) is 15.6 Å². The molecule has 0 rings (SSSR count). The molecular formula is C4H5FeO4. The van der Waals surface area contributed by atoms with Crippen molar-refractivity contribution in [3.05, 3.63) is 0 Å². The molecule has 5 heteroatoms. The van der Waals surface area contributed by atoms with Gasteiger partial charge in [0.1, 0.15) is 6.79 Å². The van der Waals surface area contributed by atoms with Crippen molar-refractivity contribution < 1.29 is 33.1 Å². The molecule has 0 aromatic heterocycles. The van der Waals surface area contributed by atoms with Gasteiger partial charge in [0.05, 0.1) is 0 Å². The van der Waals surface area contributed by atoms with Gasteiger partial charge in [-0.15, -0.1) is 0 Å². The zero-order valence-electron chi connectivity index (χ0n) is 4.43. The standard InChI is InChI=1S/CH2O.3CHO.Fe/c4*1-2;/h1H2;3*1H;. The molecule has 0 radical (unpaired) electrons. The summed E-state index contributed by atoms with van der Waals surface area (Å²) in [6.07, 6.45) is 0. The van der Waals surface area contributed by atoms with Gasteiger partial charge in [-0.1, -0.05) is 0 Å². The van der Waals surface area contributed by atoms with Gasteiger partial charge in [-0.3, -0.25) is 0 Å². The summed E-state index contributed by atoms with van der Waals surface area (Å²) in [4.78, 5) is 36.6. The average molecular weight is 173 g/mol. The minimum absolute atomic E-state index is 0.375. The Labute approximate surface area is 56.1 Å². The Balaban J connectivity index is 0. The summed E-state index contributed by atoms with van der Waals surface area (Å²) in [5.41, 5.74) is 0. The normalized spacial score (nSPS) is 7.78. The van der Waals surface area contributed by atoms with Crippen molar-refractivity contribution in [2.24, 2.45) is 0 Å². The second-order valence-electron chi connectivity index (χ2n) is 0.604. The molecule has 0 bridgehead atoms. The van der Waals surface area contributed by atoms with Crippen LogP contribution in [0.5, 0.6) is 0 Å². The van der Waals surface area contributed by atoms with Crippen LogP contribution < -0.4 is 0 Å². The Bertz CT molecular complexity index is 83.7. The molecule has 0 aromatic carbocycles. The zero-order chi connectivity index (χ0) is 7.70. The van der Waals surface area contributed by atoms with E-state index < -0.39 is 13.9 Å². The van der Waals surface area contributed by atoms with Gasteiger partial charge >= 0.3 is 43.8 Å². The quantitative estimate of drug-likeness (QED) is 0.405. The molecule has 0 fully saturated rings.